The Kier molecular flexibility index (Phi) is 7.97. The Morgan fingerprint density at radius 2 is 2.18 bits per heavy atom. The first-order chi connectivity index (χ1) is 5.16. The quantitative estimate of drug-likeness (QED) is 0.518. The highest BCUT2D eigenvalue weighted by Gasteiger charge is 2.01. The van der Waals surface area contributed by atoms with Crippen LogP contribution in [0.15, 0.2) is 0 Å². The highest BCUT2D eigenvalue weighted by molar-refractivity contribution is 9.09. The Balaban J connectivity index is 3.15. The van der Waals surface area contributed by atoms with Crippen molar-refractivity contribution in [3.8, 4) is 0 Å². The Morgan fingerprint density at radius 1 is 1.55 bits per heavy atom. The maximum Gasteiger partial charge on any atom is 0.0244 e. The SMILES string of the molecule is CSCCCN(C)CC(C)Br. The molecule has 0 aliphatic heterocycles. The molecule has 0 radical (unpaired) electrons. The zero-order valence-corrected chi connectivity index (χ0v) is 10.0. The maximum atomic E-state index is 3.54. The lowest BCUT2D eigenvalue weighted by Gasteiger charge is -2.17. The van der Waals surface area contributed by atoms with Crippen molar-refractivity contribution in [2.24, 2.45) is 0 Å². The smallest absolute Gasteiger partial charge is 0.0244 e. The standard InChI is InChI=1S/C8H18BrNS/c1-8(9)7-10(2)5-4-6-11-3/h8H,4-7H2,1-3H3. The van der Waals surface area contributed by atoms with E-state index in [0.717, 1.165) is 6.54 Å². The molecule has 0 N–H and O–H groups in total. The van der Waals surface area contributed by atoms with E-state index in [1.165, 1.54) is 18.7 Å². The summed E-state index contributed by atoms with van der Waals surface area (Å²) in [6.45, 7) is 4.55. The summed E-state index contributed by atoms with van der Waals surface area (Å²) in [5, 5.41) is 0. The van der Waals surface area contributed by atoms with Crippen molar-refractivity contribution < 1.29 is 0 Å². The van der Waals surface area contributed by atoms with Crippen molar-refractivity contribution in [2.45, 2.75) is 18.2 Å². The van der Waals surface area contributed by atoms with Crippen LogP contribution in [0.4, 0.5) is 0 Å². The third kappa shape index (κ3) is 8.70. The molecular weight excluding hydrogens is 222 g/mol. The second-order valence-corrected chi connectivity index (χ2v) is 5.44. The van der Waals surface area contributed by atoms with Crippen LogP contribution >= 0.6 is 27.7 Å². The fourth-order valence-corrected chi connectivity index (χ4v) is 1.91. The molecule has 0 aromatic rings. The summed E-state index contributed by atoms with van der Waals surface area (Å²) in [4.78, 5) is 2.98. The van der Waals surface area contributed by atoms with Gasteiger partial charge in [0.15, 0.2) is 0 Å². The average molecular weight is 240 g/mol. The molecule has 0 aromatic heterocycles. The summed E-state index contributed by atoms with van der Waals surface area (Å²) < 4.78 is 0. The summed E-state index contributed by atoms with van der Waals surface area (Å²) >= 11 is 5.46. The van der Waals surface area contributed by atoms with Gasteiger partial charge in [-0.05, 0) is 32.0 Å². The van der Waals surface area contributed by atoms with Gasteiger partial charge in [-0.25, -0.2) is 0 Å². The van der Waals surface area contributed by atoms with Gasteiger partial charge in [0.05, 0.1) is 0 Å². The van der Waals surface area contributed by atoms with E-state index in [4.69, 9.17) is 0 Å². The second-order valence-electron chi connectivity index (χ2n) is 2.89. The number of rotatable bonds is 6. The Bertz CT molecular complexity index is 88.2. The van der Waals surface area contributed by atoms with Gasteiger partial charge in [-0.15, -0.1) is 0 Å². The van der Waals surface area contributed by atoms with Crippen LogP contribution in [0.3, 0.4) is 0 Å². The van der Waals surface area contributed by atoms with E-state index in [1.54, 1.807) is 0 Å². The van der Waals surface area contributed by atoms with Gasteiger partial charge in [0.1, 0.15) is 0 Å². The predicted octanol–water partition coefficient (Wildman–Crippen LogP) is 2.45. The fraction of sp³-hybridized carbons (Fsp3) is 1.00. The van der Waals surface area contributed by atoms with Crippen LogP contribution < -0.4 is 0 Å². The Labute approximate surface area is 83.0 Å². The van der Waals surface area contributed by atoms with E-state index < -0.39 is 0 Å². The molecule has 3 heteroatoms. The number of hydrogen-bond acceptors (Lipinski definition) is 2. The fourth-order valence-electron chi connectivity index (χ4n) is 1.000. The Morgan fingerprint density at radius 3 is 2.64 bits per heavy atom. The first kappa shape index (κ1) is 11.8. The van der Waals surface area contributed by atoms with E-state index >= 15 is 0 Å². The number of alkyl halides is 1. The molecule has 1 nitrogen and oxygen atoms in total. The van der Waals surface area contributed by atoms with E-state index in [-0.39, 0.29) is 0 Å². The minimum absolute atomic E-state index is 0.613. The van der Waals surface area contributed by atoms with Crippen LogP contribution in [-0.2, 0) is 0 Å². The predicted molar refractivity (Wildman–Crippen MR) is 58.9 cm³/mol. The van der Waals surface area contributed by atoms with Gasteiger partial charge in [0.2, 0.25) is 0 Å². The van der Waals surface area contributed by atoms with E-state index in [2.05, 4.69) is 41.1 Å². The summed E-state index contributed by atoms with van der Waals surface area (Å²) in [6.07, 6.45) is 3.46. The molecule has 0 rings (SSSR count). The van der Waals surface area contributed by atoms with Crippen LogP contribution in [0.5, 0.6) is 0 Å². The molecule has 0 aliphatic carbocycles. The third-order valence-corrected chi connectivity index (χ3v) is 2.44. The first-order valence-electron chi connectivity index (χ1n) is 3.98. The molecule has 0 saturated heterocycles. The number of hydrogen-bond donors (Lipinski definition) is 0. The van der Waals surface area contributed by atoms with Gasteiger partial charge in [0.25, 0.3) is 0 Å². The van der Waals surface area contributed by atoms with Gasteiger partial charge < -0.3 is 4.90 Å². The Hall–Kier alpha value is 0.790. The van der Waals surface area contributed by atoms with Gasteiger partial charge in [-0.2, -0.15) is 11.8 Å². The van der Waals surface area contributed by atoms with Crippen molar-refractivity contribution in [1.29, 1.82) is 0 Å². The molecule has 0 fully saturated rings. The monoisotopic (exact) mass is 239 g/mol. The lowest BCUT2D eigenvalue weighted by Crippen LogP contribution is -2.25. The minimum Gasteiger partial charge on any atom is -0.305 e. The summed E-state index contributed by atoms with van der Waals surface area (Å²) in [7, 11) is 2.18. The molecule has 0 amide bonds. The van der Waals surface area contributed by atoms with E-state index in [1.807, 2.05) is 11.8 Å². The van der Waals surface area contributed by atoms with Crippen molar-refractivity contribution in [1.82, 2.24) is 4.90 Å². The van der Waals surface area contributed by atoms with Crippen molar-refractivity contribution in [2.75, 3.05) is 32.1 Å². The van der Waals surface area contributed by atoms with Gasteiger partial charge >= 0.3 is 0 Å². The molecular formula is C8H18BrNS. The molecule has 11 heavy (non-hydrogen) atoms. The highest BCUT2D eigenvalue weighted by Crippen LogP contribution is 2.01. The van der Waals surface area contributed by atoms with Crippen LogP contribution in [0.1, 0.15) is 13.3 Å². The normalized spacial score (nSPS) is 13.9. The van der Waals surface area contributed by atoms with Crippen LogP contribution in [0.25, 0.3) is 0 Å². The molecule has 68 valence electrons. The summed E-state index contributed by atoms with van der Waals surface area (Å²) in [5.41, 5.74) is 0. The number of nitrogens with zero attached hydrogens (tertiary/aromatic N) is 1. The topological polar surface area (TPSA) is 3.24 Å². The molecule has 1 atom stereocenters. The molecule has 0 aromatic carbocycles. The van der Waals surface area contributed by atoms with Crippen molar-refractivity contribution >= 4 is 27.7 Å². The van der Waals surface area contributed by atoms with Crippen LogP contribution in [0, 0.1) is 0 Å². The second kappa shape index (κ2) is 7.44. The third-order valence-electron chi connectivity index (χ3n) is 1.45. The molecule has 0 bridgehead atoms. The lowest BCUT2D eigenvalue weighted by atomic mass is 10.4. The molecule has 0 heterocycles. The summed E-state index contributed by atoms with van der Waals surface area (Å²) in [5.74, 6) is 1.28. The van der Waals surface area contributed by atoms with Crippen molar-refractivity contribution in [3.05, 3.63) is 0 Å². The van der Waals surface area contributed by atoms with Gasteiger partial charge in [-0.3, -0.25) is 0 Å². The lowest BCUT2D eigenvalue weighted by molar-refractivity contribution is 0.342. The number of halogens is 1. The molecule has 0 aliphatic rings. The zero-order valence-electron chi connectivity index (χ0n) is 7.64. The average Bonchev–Trinajstić information content (AvgIpc) is 1.86. The number of thioether (sulfide) groups is 1. The molecule has 0 spiro atoms. The van der Waals surface area contributed by atoms with Gasteiger partial charge in [-0.1, -0.05) is 22.9 Å². The van der Waals surface area contributed by atoms with E-state index in [0.29, 0.717) is 4.83 Å². The first-order valence-corrected chi connectivity index (χ1v) is 6.29. The zero-order chi connectivity index (χ0) is 8.69. The van der Waals surface area contributed by atoms with Crippen LogP contribution in [0.2, 0.25) is 0 Å². The van der Waals surface area contributed by atoms with E-state index in [9.17, 15) is 0 Å². The summed E-state index contributed by atoms with van der Waals surface area (Å²) in [6, 6.07) is 0. The maximum absolute atomic E-state index is 3.54. The van der Waals surface area contributed by atoms with Gasteiger partial charge in [0, 0.05) is 11.4 Å². The largest absolute Gasteiger partial charge is 0.305 e. The van der Waals surface area contributed by atoms with Crippen LogP contribution in [-0.4, -0.2) is 41.9 Å². The molecule has 0 saturated carbocycles. The highest BCUT2D eigenvalue weighted by atomic mass is 79.9. The minimum atomic E-state index is 0.613. The van der Waals surface area contributed by atoms with Crippen molar-refractivity contribution in [3.63, 3.8) is 0 Å². The molecule has 1 unspecified atom stereocenters.